The summed E-state index contributed by atoms with van der Waals surface area (Å²) in [5, 5.41) is 11.9. The number of H-pyrrole nitrogens is 1. The first-order valence-corrected chi connectivity index (χ1v) is 16.7. The van der Waals surface area contributed by atoms with Crippen molar-refractivity contribution in [3.63, 3.8) is 0 Å². The average Bonchev–Trinajstić information content (AvgIpc) is 3.67. The van der Waals surface area contributed by atoms with Crippen LogP contribution in [0.3, 0.4) is 0 Å². The second-order valence-electron chi connectivity index (χ2n) is 13.3. The Hall–Kier alpha value is -4.66. The number of anilines is 1. The quantitative estimate of drug-likeness (QED) is 0.221. The van der Waals surface area contributed by atoms with Gasteiger partial charge < -0.3 is 24.8 Å². The van der Waals surface area contributed by atoms with Gasteiger partial charge in [0.1, 0.15) is 17.6 Å². The highest BCUT2D eigenvalue weighted by atomic mass is 19.1. The van der Waals surface area contributed by atoms with Crippen molar-refractivity contribution in [2.24, 2.45) is 0 Å². The molecule has 0 saturated carbocycles. The third-order valence-electron chi connectivity index (χ3n) is 10.5. The van der Waals surface area contributed by atoms with Crippen molar-refractivity contribution in [2.75, 3.05) is 51.2 Å². The SMILES string of the molecule is CN1CCC(N2CCN(c3ccc(-c4ccc5c(c4)C(=O)N([C@@H](c4cc6ccccc6[nH]4)c4cc(F)ccc4O)C5)cc3)CC2)CC1. The molecule has 0 unspecified atom stereocenters. The Morgan fingerprint density at radius 1 is 0.830 bits per heavy atom. The molecule has 240 valence electrons. The molecule has 47 heavy (non-hydrogen) atoms. The van der Waals surface area contributed by atoms with Gasteiger partial charge in [0.25, 0.3) is 5.91 Å². The van der Waals surface area contributed by atoms with E-state index >= 15 is 0 Å². The molecule has 1 amide bonds. The number of aromatic hydroxyl groups is 1. The molecule has 2 saturated heterocycles. The highest BCUT2D eigenvalue weighted by molar-refractivity contribution is 6.00. The Morgan fingerprint density at radius 3 is 2.34 bits per heavy atom. The first kappa shape index (κ1) is 29.7. The van der Waals surface area contributed by atoms with Gasteiger partial charge in [-0.05, 0) is 104 Å². The fourth-order valence-electron chi connectivity index (χ4n) is 7.77. The molecule has 1 aromatic heterocycles. The van der Waals surface area contributed by atoms with Crippen LogP contribution in [0.5, 0.6) is 5.75 Å². The van der Waals surface area contributed by atoms with Crippen molar-refractivity contribution in [3.05, 3.63) is 119 Å². The fraction of sp³-hybridized carbons (Fsp3) is 0.308. The van der Waals surface area contributed by atoms with E-state index in [1.165, 1.54) is 49.8 Å². The third kappa shape index (κ3) is 5.66. The number of phenols is 1. The van der Waals surface area contributed by atoms with Crippen molar-refractivity contribution in [2.45, 2.75) is 31.5 Å². The Bertz CT molecular complexity index is 1890. The predicted octanol–water partition coefficient (Wildman–Crippen LogP) is 6.64. The molecule has 8 rings (SSSR count). The number of halogens is 1. The van der Waals surface area contributed by atoms with Gasteiger partial charge in [0.15, 0.2) is 0 Å². The van der Waals surface area contributed by atoms with E-state index in [1.54, 1.807) is 4.90 Å². The molecular formula is C39H40FN5O2. The summed E-state index contributed by atoms with van der Waals surface area (Å²) in [4.78, 5) is 26.9. The highest BCUT2D eigenvalue weighted by Crippen LogP contribution is 2.41. The summed E-state index contributed by atoms with van der Waals surface area (Å²) in [5.41, 5.74) is 6.80. The van der Waals surface area contributed by atoms with Crippen LogP contribution in [0, 0.1) is 5.82 Å². The Labute approximate surface area is 274 Å². The number of fused-ring (bicyclic) bond motifs is 2. The number of nitrogens with one attached hydrogen (secondary N) is 1. The molecule has 0 radical (unpaired) electrons. The molecule has 2 N–H and O–H groups in total. The normalized spacial score (nSPS) is 18.6. The molecule has 0 bridgehead atoms. The van der Waals surface area contributed by atoms with Crippen LogP contribution in [-0.4, -0.2) is 83.1 Å². The van der Waals surface area contributed by atoms with Crippen molar-refractivity contribution < 1.29 is 14.3 Å². The van der Waals surface area contributed by atoms with Crippen molar-refractivity contribution in [1.82, 2.24) is 19.7 Å². The van der Waals surface area contributed by atoms with Crippen LogP contribution in [0.4, 0.5) is 10.1 Å². The molecule has 3 aliphatic heterocycles. The summed E-state index contributed by atoms with van der Waals surface area (Å²) in [6, 6.07) is 28.5. The number of piperidine rings is 1. The lowest BCUT2D eigenvalue weighted by molar-refractivity contribution is 0.0726. The van der Waals surface area contributed by atoms with Gasteiger partial charge in [-0.1, -0.05) is 42.5 Å². The molecule has 4 heterocycles. The first-order valence-electron chi connectivity index (χ1n) is 16.7. The Kier molecular flexibility index (Phi) is 7.70. The van der Waals surface area contributed by atoms with Gasteiger partial charge in [-0.2, -0.15) is 0 Å². The molecule has 5 aromatic rings. The van der Waals surface area contributed by atoms with E-state index < -0.39 is 11.9 Å². The minimum atomic E-state index is -0.694. The van der Waals surface area contributed by atoms with E-state index in [1.807, 2.05) is 42.5 Å². The molecule has 4 aromatic carbocycles. The second-order valence-corrected chi connectivity index (χ2v) is 13.3. The van der Waals surface area contributed by atoms with E-state index in [2.05, 4.69) is 57.1 Å². The van der Waals surface area contributed by atoms with Crippen LogP contribution < -0.4 is 4.90 Å². The van der Waals surface area contributed by atoms with E-state index in [4.69, 9.17) is 0 Å². The number of hydrogen-bond acceptors (Lipinski definition) is 5. The Morgan fingerprint density at radius 2 is 1.57 bits per heavy atom. The number of carbonyl (C=O) groups is 1. The van der Waals surface area contributed by atoms with Crippen molar-refractivity contribution in [1.29, 1.82) is 0 Å². The predicted molar refractivity (Wildman–Crippen MR) is 184 cm³/mol. The zero-order chi connectivity index (χ0) is 32.1. The molecule has 7 nitrogen and oxygen atoms in total. The minimum Gasteiger partial charge on any atom is -0.508 e. The van der Waals surface area contributed by atoms with Crippen LogP contribution in [0.25, 0.3) is 22.0 Å². The highest BCUT2D eigenvalue weighted by Gasteiger charge is 2.37. The molecule has 3 aliphatic rings. The average molecular weight is 630 g/mol. The maximum atomic E-state index is 14.5. The van der Waals surface area contributed by atoms with E-state index in [0.29, 0.717) is 23.7 Å². The number of amides is 1. The number of likely N-dealkylation sites (tertiary alicyclic amines) is 1. The number of rotatable bonds is 6. The largest absolute Gasteiger partial charge is 0.508 e. The molecule has 8 heteroatoms. The molecule has 0 spiro atoms. The summed E-state index contributed by atoms with van der Waals surface area (Å²) in [6.45, 7) is 7.02. The summed E-state index contributed by atoms with van der Waals surface area (Å²) in [6.07, 6.45) is 2.53. The van der Waals surface area contributed by atoms with Gasteiger partial charge >= 0.3 is 0 Å². The van der Waals surface area contributed by atoms with Gasteiger partial charge in [-0.3, -0.25) is 9.69 Å². The lowest BCUT2D eigenvalue weighted by atomic mass is 9.99. The van der Waals surface area contributed by atoms with Gasteiger partial charge in [0.05, 0.1) is 0 Å². The number of para-hydroxylation sites is 1. The van der Waals surface area contributed by atoms with Gasteiger partial charge in [0.2, 0.25) is 0 Å². The van der Waals surface area contributed by atoms with E-state index in [-0.39, 0.29) is 11.7 Å². The summed E-state index contributed by atoms with van der Waals surface area (Å²) in [5.74, 6) is -0.663. The summed E-state index contributed by atoms with van der Waals surface area (Å²) in [7, 11) is 2.22. The van der Waals surface area contributed by atoms with Crippen LogP contribution in [-0.2, 0) is 6.54 Å². The second kappa shape index (κ2) is 12.2. The smallest absolute Gasteiger partial charge is 0.255 e. The molecule has 2 fully saturated rings. The number of aromatic nitrogens is 1. The summed E-state index contributed by atoms with van der Waals surface area (Å²) >= 11 is 0. The zero-order valence-electron chi connectivity index (χ0n) is 26.7. The fourth-order valence-corrected chi connectivity index (χ4v) is 7.77. The number of nitrogens with zero attached hydrogens (tertiary/aromatic N) is 4. The number of carbonyl (C=O) groups excluding carboxylic acids is 1. The van der Waals surface area contributed by atoms with Crippen molar-refractivity contribution in [3.8, 4) is 16.9 Å². The molecular weight excluding hydrogens is 589 g/mol. The topological polar surface area (TPSA) is 66.0 Å². The third-order valence-corrected chi connectivity index (χ3v) is 10.5. The van der Waals surface area contributed by atoms with Crippen molar-refractivity contribution >= 4 is 22.5 Å². The standard InChI is InChI=1S/C39H40FN5O2/c1-42-16-14-32(15-17-42)44-20-18-43(19-21-44)31-11-8-26(9-12-31)27-6-7-29-25-45(39(47)33(29)22-27)38(34-24-30(40)10-13-37(34)46)36-23-28-4-2-3-5-35(28)41-36/h2-13,22-24,32,38,41,46H,14-21,25H2,1H3/t38-/m1/s1. The van der Waals surface area contributed by atoms with Crippen LogP contribution in [0.2, 0.25) is 0 Å². The van der Waals surface area contributed by atoms with Crippen LogP contribution in [0.15, 0.2) is 91.0 Å². The number of aromatic amines is 1. The van der Waals surface area contributed by atoms with E-state index in [0.717, 1.165) is 59.5 Å². The molecule has 0 aliphatic carbocycles. The summed E-state index contributed by atoms with van der Waals surface area (Å²) < 4.78 is 14.5. The van der Waals surface area contributed by atoms with Gasteiger partial charge in [-0.15, -0.1) is 0 Å². The maximum absolute atomic E-state index is 14.5. The zero-order valence-corrected chi connectivity index (χ0v) is 26.7. The first-order chi connectivity index (χ1) is 22.9. The Balaban J connectivity index is 1.02. The monoisotopic (exact) mass is 629 g/mol. The number of phenolic OH excluding ortho intramolecular Hbond substituents is 1. The van der Waals surface area contributed by atoms with Crippen LogP contribution >= 0.6 is 0 Å². The maximum Gasteiger partial charge on any atom is 0.255 e. The number of hydrogen-bond donors (Lipinski definition) is 2. The van der Waals surface area contributed by atoms with Gasteiger partial charge in [-0.25, -0.2) is 4.39 Å². The number of piperazine rings is 1. The van der Waals surface area contributed by atoms with E-state index in [9.17, 15) is 14.3 Å². The van der Waals surface area contributed by atoms with Gasteiger partial charge in [0, 0.05) is 66.8 Å². The number of benzene rings is 4. The lowest BCUT2D eigenvalue weighted by Crippen LogP contribution is -2.52. The minimum absolute atomic E-state index is 0.0529. The van der Waals surface area contributed by atoms with Crippen LogP contribution in [0.1, 0.15) is 46.1 Å². The molecule has 1 atom stereocenters. The lowest BCUT2D eigenvalue weighted by Gasteiger charge is -2.42.